The van der Waals surface area contributed by atoms with Crippen molar-refractivity contribution in [3.8, 4) is 0 Å². The van der Waals surface area contributed by atoms with E-state index < -0.39 is 78.3 Å². The Morgan fingerprint density at radius 2 is 0.671 bits per heavy atom. The number of rotatable bonds is 29. The number of carboxylic acids is 6. The first-order chi connectivity index (χ1) is 33.0. The second-order valence-corrected chi connectivity index (χ2v) is 18.7. The number of carboxylic acid groups (broad SMARTS) is 6. The third-order valence-corrected chi connectivity index (χ3v) is 12.1. The van der Waals surface area contributed by atoms with Crippen molar-refractivity contribution < 1.29 is 97.9 Å². The minimum absolute atomic E-state index is 0.000398. The van der Waals surface area contributed by atoms with E-state index in [2.05, 4.69) is 0 Å². The summed E-state index contributed by atoms with van der Waals surface area (Å²) in [7, 11) is -6.32. The molecule has 70 heavy (non-hydrogen) atoms. The molecule has 0 radical (unpaired) electrons. The molecule has 0 bridgehead atoms. The van der Waals surface area contributed by atoms with E-state index in [1.54, 1.807) is 29.4 Å². The molecule has 2 fully saturated rings. The maximum atomic E-state index is 11.7. The van der Waals surface area contributed by atoms with Crippen molar-refractivity contribution in [2.45, 2.75) is 12.2 Å². The molecule has 0 aromatic heterocycles. The van der Waals surface area contributed by atoms with Gasteiger partial charge in [-0.25, -0.2) is 0 Å². The van der Waals surface area contributed by atoms with E-state index in [4.69, 9.17) is 9.05 Å². The van der Waals surface area contributed by atoms with Gasteiger partial charge in [-0.15, -0.1) is 0 Å². The number of hydrogen-bond acceptors (Lipinski definition) is 23. The Bertz CT molecular complexity index is 1560. The molecule has 0 saturated carbocycles. The van der Waals surface area contributed by atoms with E-state index in [9.17, 15) is 88.9 Å². The first-order valence-electron chi connectivity index (χ1n) is 22.6. The lowest BCUT2D eigenvalue weighted by Gasteiger charge is -2.35. The summed E-state index contributed by atoms with van der Waals surface area (Å²) >= 11 is 0. The standard InChI is InChI=1S/C38H74N10O20P2/c49-31(19-39-1-5-41(23-33(51)52)9-13-45(27-37(59)60)14-10-42(6-2-39)24-34(53)54)21-47(29-67-69(63)64)17-18-48(30-68-70(65)66)22-32(50)20-40-3-7-43(25-35(55)56)11-15-46(28-38(61)62)16-12-44(8-4-40)26-36(57)58/h31-32,49-50,63-64,70H,1-30H2,(H,51,52)(H,53,54)(H,55,56)(H,57,58)(H,59,60)(H,61,62)(H,65,66). The van der Waals surface area contributed by atoms with Crippen LogP contribution in [-0.4, -0.2) is 349 Å². The Labute approximate surface area is 407 Å². The van der Waals surface area contributed by atoms with E-state index in [1.165, 1.54) is 9.80 Å². The van der Waals surface area contributed by atoms with Gasteiger partial charge in [-0.05, 0) is 0 Å². The smallest absolute Gasteiger partial charge is 0.328 e. The lowest BCUT2D eigenvalue weighted by atomic mass is 10.2. The first kappa shape index (κ1) is 62.9. The maximum Gasteiger partial charge on any atom is 0.328 e. The molecule has 0 amide bonds. The molecular formula is C38H74N10O20P2. The topological polar surface area (TPSA) is 393 Å². The Kier molecular flexibility index (Phi) is 31.5. The summed E-state index contributed by atoms with van der Waals surface area (Å²) in [5.74, 6) is -6.60. The normalized spacial score (nSPS) is 20.0. The molecule has 0 aliphatic carbocycles. The van der Waals surface area contributed by atoms with Crippen LogP contribution in [0.2, 0.25) is 0 Å². The summed E-state index contributed by atoms with van der Waals surface area (Å²) in [6, 6.07) is 0. The van der Waals surface area contributed by atoms with E-state index in [0.717, 1.165) is 0 Å². The van der Waals surface area contributed by atoms with Crippen LogP contribution in [0.3, 0.4) is 0 Å². The van der Waals surface area contributed by atoms with Crippen LogP contribution in [0.5, 0.6) is 0 Å². The molecule has 32 heteroatoms. The molecule has 0 aromatic carbocycles. The number of aliphatic hydroxyl groups is 2. The highest BCUT2D eigenvalue weighted by atomic mass is 31.2. The van der Waals surface area contributed by atoms with E-state index >= 15 is 0 Å². The van der Waals surface area contributed by atoms with Gasteiger partial charge in [0.1, 0.15) is 13.5 Å². The number of aliphatic hydroxyl groups excluding tert-OH is 2. The zero-order valence-electron chi connectivity index (χ0n) is 39.4. The summed E-state index contributed by atoms with van der Waals surface area (Å²) in [4.78, 5) is 115. The number of aliphatic carboxylic acids is 6. The van der Waals surface area contributed by atoms with Crippen molar-refractivity contribution in [2.24, 2.45) is 0 Å². The molecule has 2 heterocycles. The van der Waals surface area contributed by atoms with Crippen molar-refractivity contribution in [1.29, 1.82) is 0 Å². The SMILES string of the molecule is O=C(O)CN1CCN(CC(=O)O)CCN(CC(O)CN(CCN(CO[PH](=O)O)CC(O)CN2CCN(CC(=O)O)CCN(CC(=O)O)CCN(CC(=O)O)CC2)COP(O)O)CCN(CC(=O)O)CC1. The lowest BCUT2D eigenvalue weighted by Crippen LogP contribution is -2.51. The van der Waals surface area contributed by atoms with Gasteiger partial charge in [-0.2, -0.15) is 0 Å². The first-order valence-corrected chi connectivity index (χ1v) is 25.0. The number of carbonyl (C=O) groups is 6. The van der Waals surface area contributed by atoms with Gasteiger partial charge in [-0.3, -0.25) is 91.4 Å². The average molecular weight is 1050 g/mol. The summed E-state index contributed by atoms with van der Waals surface area (Å²) in [6.07, 6.45) is -2.33. The number of hydrogen-bond donors (Lipinski definition) is 11. The van der Waals surface area contributed by atoms with Crippen molar-refractivity contribution in [3.63, 3.8) is 0 Å². The van der Waals surface area contributed by atoms with Crippen LogP contribution < -0.4 is 0 Å². The van der Waals surface area contributed by atoms with Crippen LogP contribution in [0.15, 0.2) is 0 Å². The van der Waals surface area contributed by atoms with Crippen LogP contribution >= 0.6 is 16.9 Å². The summed E-state index contributed by atoms with van der Waals surface area (Å²) < 4.78 is 21.8. The van der Waals surface area contributed by atoms with Gasteiger partial charge in [0.15, 0.2) is 0 Å². The molecule has 3 unspecified atom stereocenters. The van der Waals surface area contributed by atoms with E-state index in [1.807, 2.05) is 9.80 Å². The largest absolute Gasteiger partial charge is 0.480 e. The van der Waals surface area contributed by atoms with Gasteiger partial charge in [0, 0.05) is 144 Å². The quantitative estimate of drug-likeness (QED) is 0.0245. The fraction of sp³-hybridized carbons (Fsp3) is 0.842. The van der Waals surface area contributed by atoms with Gasteiger partial charge >= 0.3 is 52.7 Å². The third-order valence-electron chi connectivity index (χ3n) is 11.3. The van der Waals surface area contributed by atoms with Crippen molar-refractivity contribution in [3.05, 3.63) is 0 Å². The van der Waals surface area contributed by atoms with Crippen LogP contribution in [0, 0.1) is 0 Å². The predicted molar refractivity (Wildman–Crippen MR) is 247 cm³/mol. The minimum Gasteiger partial charge on any atom is -0.480 e. The minimum atomic E-state index is -3.47. The van der Waals surface area contributed by atoms with Gasteiger partial charge in [0.05, 0.1) is 51.5 Å². The van der Waals surface area contributed by atoms with E-state index in [0.29, 0.717) is 0 Å². The van der Waals surface area contributed by atoms with Crippen molar-refractivity contribution in [2.75, 3.05) is 197 Å². The molecule has 0 aromatic rings. The van der Waals surface area contributed by atoms with Gasteiger partial charge in [0.2, 0.25) is 0 Å². The predicted octanol–water partition coefficient (Wildman–Crippen LogP) is -6.20. The maximum absolute atomic E-state index is 11.7. The Hall–Kier alpha value is -3.20. The summed E-state index contributed by atoms with van der Waals surface area (Å²) in [5, 5.41) is 80.0. The zero-order chi connectivity index (χ0) is 52.2. The Balaban J connectivity index is 2.25. The molecule has 406 valence electrons. The van der Waals surface area contributed by atoms with Crippen LogP contribution in [0.25, 0.3) is 0 Å². The molecule has 3 atom stereocenters. The van der Waals surface area contributed by atoms with Crippen LogP contribution in [0.1, 0.15) is 0 Å². The second-order valence-electron chi connectivity index (χ2n) is 17.1. The van der Waals surface area contributed by atoms with Crippen LogP contribution in [-0.2, 0) is 42.4 Å². The van der Waals surface area contributed by atoms with Crippen molar-refractivity contribution >= 4 is 52.7 Å². The highest BCUT2D eigenvalue weighted by Gasteiger charge is 2.26. The highest BCUT2D eigenvalue weighted by Crippen LogP contribution is 2.24. The summed E-state index contributed by atoms with van der Waals surface area (Å²) in [5.41, 5.74) is 0. The van der Waals surface area contributed by atoms with Crippen LogP contribution in [0.4, 0.5) is 0 Å². The molecule has 2 aliphatic rings. The van der Waals surface area contributed by atoms with Gasteiger partial charge in [-0.1, -0.05) is 0 Å². The lowest BCUT2D eigenvalue weighted by molar-refractivity contribution is -0.140. The second kappa shape index (κ2) is 35.0. The van der Waals surface area contributed by atoms with Gasteiger partial charge in [0.25, 0.3) is 0 Å². The third kappa shape index (κ3) is 31.3. The number of nitrogens with zero attached hydrogens (tertiary/aromatic N) is 10. The molecule has 2 rings (SSSR count). The molecule has 30 nitrogen and oxygen atoms in total. The number of β-amino-alcohol motifs (C(OH)–C–C–N with tert-alkyl or cyclic N) is 2. The van der Waals surface area contributed by atoms with E-state index in [-0.39, 0.29) is 183 Å². The molecule has 2 saturated heterocycles. The monoisotopic (exact) mass is 1050 g/mol. The zero-order valence-corrected chi connectivity index (χ0v) is 41.3. The highest BCUT2D eigenvalue weighted by molar-refractivity contribution is 7.39. The Morgan fingerprint density at radius 1 is 0.443 bits per heavy atom. The molecule has 2 aliphatic heterocycles. The van der Waals surface area contributed by atoms with Gasteiger partial charge < -0.3 is 55.5 Å². The average Bonchev–Trinajstić information content (AvgIpc) is 3.24. The molecule has 0 spiro atoms. The van der Waals surface area contributed by atoms with Crippen molar-refractivity contribution in [1.82, 2.24) is 49.0 Å². The molecular weight excluding hydrogens is 978 g/mol. The molecule has 11 N–H and O–H groups in total. The Morgan fingerprint density at radius 3 is 0.886 bits per heavy atom. The summed E-state index contributed by atoms with van der Waals surface area (Å²) in [6.45, 7) is 0.00581. The fourth-order valence-corrected chi connectivity index (χ4v) is 8.47. The fourth-order valence-electron chi connectivity index (χ4n) is 7.91.